The summed E-state index contributed by atoms with van der Waals surface area (Å²) < 4.78 is 15.2. The number of hydrogen-bond donors (Lipinski definition) is 1. The zero-order valence-electron chi connectivity index (χ0n) is 16.3. The molecule has 144 valence electrons. The molecule has 0 aliphatic rings. The summed E-state index contributed by atoms with van der Waals surface area (Å²) in [7, 11) is 0. The lowest BCUT2D eigenvalue weighted by atomic mass is 9.86. The van der Waals surface area contributed by atoms with Gasteiger partial charge in [-0.2, -0.15) is 0 Å². The van der Waals surface area contributed by atoms with Crippen LogP contribution in [0, 0.1) is 11.2 Å². The molecular weight excluding hydrogens is 317 g/mol. The Morgan fingerprint density at radius 1 is 1.00 bits per heavy atom. The number of hydrogen-bond acceptors (Lipinski definition) is 1. The van der Waals surface area contributed by atoms with E-state index in [2.05, 4.69) is 20.8 Å². The number of carboxylic acid groups (broad SMARTS) is 1. The Labute approximate surface area is 152 Å². The first-order valence-electron chi connectivity index (χ1n) is 9.94. The summed E-state index contributed by atoms with van der Waals surface area (Å²) in [5, 5.41) is 8.93. The Hall–Kier alpha value is -1.32. The Kier molecular flexibility index (Phi) is 9.84. The second-order valence-electron chi connectivity index (χ2n) is 8.09. The quantitative estimate of drug-likeness (QED) is 0.380. The molecule has 3 nitrogen and oxygen atoms in total. The van der Waals surface area contributed by atoms with Gasteiger partial charge in [0, 0.05) is 18.9 Å². The fraction of sp³-hybridized carbons (Fsp3) is 0.762. The summed E-state index contributed by atoms with van der Waals surface area (Å²) in [6, 6.07) is 0. The van der Waals surface area contributed by atoms with Gasteiger partial charge in [0.15, 0.2) is 5.82 Å². The van der Waals surface area contributed by atoms with Crippen molar-refractivity contribution >= 4 is 5.97 Å². The van der Waals surface area contributed by atoms with Crippen molar-refractivity contribution in [3.63, 3.8) is 0 Å². The van der Waals surface area contributed by atoms with Gasteiger partial charge >= 0.3 is 5.97 Å². The topological polar surface area (TPSA) is 42.2 Å². The van der Waals surface area contributed by atoms with Crippen LogP contribution in [0.5, 0.6) is 0 Å². The number of halogens is 1. The van der Waals surface area contributed by atoms with Gasteiger partial charge in [0.25, 0.3) is 0 Å². The van der Waals surface area contributed by atoms with Crippen LogP contribution < -0.4 is 0 Å². The maximum Gasteiger partial charge on any atom is 0.340 e. The van der Waals surface area contributed by atoms with Crippen LogP contribution in [0.2, 0.25) is 0 Å². The summed E-state index contributed by atoms with van der Waals surface area (Å²) in [5.74, 6) is -1.86. The largest absolute Gasteiger partial charge is 0.478 e. The predicted octanol–water partition coefficient (Wildman–Crippen LogP) is 6.66. The molecule has 1 heterocycles. The van der Waals surface area contributed by atoms with E-state index in [-0.39, 0.29) is 11.0 Å². The van der Waals surface area contributed by atoms with Gasteiger partial charge < -0.3 is 9.67 Å². The molecule has 0 atom stereocenters. The van der Waals surface area contributed by atoms with E-state index in [1.807, 2.05) is 0 Å². The van der Waals surface area contributed by atoms with Crippen molar-refractivity contribution < 1.29 is 14.3 Å². The van der Waals surface area contributed by atoms with Crippen LogP contribution in [-0.4, -0.2) is 15.6 Å². The summed E-state index contributed by atoms with van der Waals surface area (Å²) in [6.07, 6.45) is 17.0. The van der Waals surface area contributed by atoms with E-state index >= 15 is 0 Å². The molecule has 1 rings (SSSR count). The highest BCUT2D eigenvalue weighted by atomic mass is 19.1. The third-order valence-corrected chi connectivity index (χ3v) is 4.88. The fourth-order valence-electron chi connectivity index (χ4n) is 3.39. The van der Waals surface area contributed by atoms with Gasteiger partial charge in [-0.3, -0.25) is 0 Å². The molecule has 0 aromatic carbocycles. The Morgan fingerprint density at radius 3 is 2.00 bits per heavy atom. The van der Waals surface area contributed by atoms with Crippen LogP contribution in [0.25, 0.3) is 0 Å². The molecule has 0 saturated heterocycles. The van der Waals surface area contributed by atoms with E-state index in [0.717, 1.165) is 6.42 Å². The zero-order chi connectivity index (χ0) is 18.7. The second kappa shape index (κ2) is 11.3. The molecule has 0 fully saturated rings. The van der Waals surface area contributed by atoms with Crippen LogP contribution in [0.3, 0.4) is 0 Å². The lowest BCUT2D eigenvalue weighted by molar-refractivity contribution is 0.0692. The van der Waals surface area contributed by atoms with E-state index in [1.165, 1.54) is 76.6 Å². The number of rotatable bonds is 14. The number of carboxylic acids is 1. The lowest BCUT2D eigenvalue weighted by Gasteiger charge is -2.25. The van der Waals surface area contributed by atoms with E-state index in [4.69, 9.17) is 5.11 Å². The number of nitrogens with zero attached hydrogens (tertiary/aromatic N) is 1. The molecule has 1 aromatic rings. The number of unbranched alkanes of at least 4 members (excludes halogenated alkanes) is 9. The van der Waals surface area contributed by atoms with Gasteiger partial charge in [-0.25, -0.2) is 9.18 Å². The molecule has 0 saturated carbocycles. The van der Waals surface area contributed by atoms with Crippen molar-refractivity contribution in [2.45, 2.75) is 97.9 Å². The second-order valence-corrected chi connectivity index (χ2v) is 8.09. The lowest BCUT2D eigenvalue weighted by Crippen LogP contribution is -2.19. The third-order valence-electron chi connectivity index (χ3n) is 4.88. The first-order chi connectivity index (χ1) is 11.9. The van der Waals surface area contributed by atoms with Crippen LogP contribution in [0.15, 0.2) is 12.4 Å². The van der Waals surface area contributed by atoms with Gasteiger partial charge in [-0.1, -0.05) is 85.0 Å². The number of aromatic carboxylic acids is 1. The van der Waals surface area contributed by atoms with Crippen molar-refractivity contribution in [2.75, 3.05) is 0 Å². The average molecular weight is 354 g/mol. The molecule has 0 aliphatic carbocycles. The fourth-order valence-corrected chi connectivity index (χ4v) is 3.39. The van der Waals surface area contributed by atoms with Crippen molar-refractivity contribution in [1.29, 1.82) is 0 Å². The van der Waals surface area contributed by atoms with Crippen LogP contribution in [0.4, 0.5) is 4.39 Å². The number of aromatic nitrogens is 1. The zero-order valence-corrected chi connectivity index (χ0v) is 16.3. The molecule has 1 N–H and O–H groups in total. The van der Waals surface area contributed by atoms with Crippen LogP contribution in [0.1, 0.15) is 102 Å². The molecule has 0 aliphatic heterocycles. The minimum absolute atomic E-state index is 0.0430. The standard InChI is InChI=1S/C21H36FNO2/c1-4-5-6-7-8-9-10-11-12-13-14-21(2,3)17-23-15-18(20(24)25)19(22)16-23/h15-16H,4-14,17H2,1-3H3,(H,24,25). The van der Waals surface area contributed by atoms with Gasteiger partial charge in [0.05, 0.1) is 0 Å². The molecule has 0 unspecified atom stereocenters. The maximum atomic E-state index is 13.6. The third kappa shape index (κ3) is 9.08. The molecule has 1 aromatic heterocycles. The van der Waals surface area contributed by atoms with Crippen LogP contribution in [-0.2, 0) is 6.54 Å². The molecule has 4 heteroatoms. The summed E-state index contributed by atoms with van der Waals surface area (Å²) in [5.41, 5.74) is -0.198. The summed E-state index contributed by atoms with van der Waals surface area (Å²) >= 11 is 0. The van der Waals surface area contributed by atoms with Crippen molar-refractivity contribution in [1.82, 2.24) is 4.57 Å². The van der Waals surface area contributed by atoms with Crippen molar-refractivity contribution in [2.24, 2.45) is 5.41 Å². The molecular formula is C21H36FNO2. The molecule has 0 radical (unpaired) electrons. The monoisotopic (exact) mass is 353 g/mol. The first kappa shape index (κ1) is 21.7. The maximum absolute atomic E-state index is 13.6. The van der Waals surface area contributed by atoms with E-state index in [0.29, 0.717) is 6.54 Å². The van der Waals surface area contributed by atoms with Gasteiger partial charge in [0.2, 0.25) is 0 Å². The minimum Gasteiger partial charge on any atom is -0.478 e. The first-order valence-corrected chi connectivity index (χ1v) is 9.94. The molecule has 0 spiro atoms. The average Bonchev–Trinajstić information content (AvgIpc) is 2.89. The molecule has 0 bridgehead atoms. The Bertz CT molecular complexity index is 508. The Balaban J connectivity index is 2.17. The van der Waals surface area contributed by atoms with Crippen LogP contribution >= 0.6 is 0 Å². The van der Waals surface area contributed by atoms with Crippen molar-refractivity contribution in [3.8, 4) is 0 Å². The number of carbonyl (C=O) groups is 1. The van der Waals surface area contributed by atoms with E-state index < -0.39 is 11.8 Å². The Morgan fingerprint density at radius 2 is 1.52 bits per heavy atom. The highest BCUT2D eigenvalue weighted by Crippen LogP contribution is 2.27. The normalized spacial score (nSPS) is 11.8. The van der Waals surface area contributed by atoms with E-state index in [1.54, 1.807) is 4.57 Å². The molecule has 0 amide bonds. The smallest absolute Gasteiger partial charge is 0.340 e. The van der Waals surface area contributed by atoms with Crippen molar-refractivity contribution in [3.05, 3.63) is 23.8 Å². The molecule has 25 heavy (non-hydrogen) atoms. The minimum atomic E-state index is -1.20. The summed E-state index contributed by atoms with van der Waals surface area (Å²) in [4.78, 5) is 10.9. The highest BCUT2D eigenvalue weighted by Gasteiger charge is 2.20. The summed E-state index contributed by atoms with van der Waals surface area (Å²) in [6.45, 7) is 7.23. The highest BCUT2D eigenvalue weighted by molar-refractivity contribution is 5.87. The van der Waals surface area contributed by atoms with Gasteiger partial charge in [-0.05, 0) is 11.8 Å². The van der Waals surface area contributed by atoms with Gasteiger partial charge in [-0.15, -0.1) is 0 Å². The SMILES string of the molecule is CCCCCCCCCCCCC(C)(C)Cn1cc(F)c(C(=O)O)c1. The predicted molar refractivity (Wildman–Crippen MR) is 102 cm³/mol. The van der Waals surface area contributed by atoms with E-state index in [9.17, 15) is 9.18 Å². The van der Waals surface area contributed by atoms with Gasteiger partial charge in [0.1, 0.15) is 5.56 Å².